The summed E-state index contributed by atoms with van der Waals surface area (Å²) in [5, 5.41) is 2.97. The molecule has 0 spiro atoms. The average molecular weight is 151 g/mol. The Kier molecular flexibility index (Phi) is 2.72. The molecule has 3 N–H and O–H groups in total. The molecule has 0 fully saturated rings. The van der Waals surface area contributed by atoms with Gasteiger partial charge in [-0.15, -0.1) is 0 Å². The van der Waals surface area contributed by atoms with Crippen LogP contribution in [0.3, 0.4) is 0 Å². The fourth-order valence-electron chi connectivity index (χ4n) is 0.927. The fraction of sp³-hybridized carbons (Fsp3) is 0.375. The van der Waals surface area contributed by atoms with Crippen molar-refractivity contribution in [2.75, 3.05) is 6.54 Å². The Morgan fingerprint density at radius 3 is 3.18 bits per heavy atom. The van der Waals surface area contributed by atoms with Crippen LogP contribution in [0, 0.1) is 5.92 Å². The van der Waals surface area contributed by atoms with Crippen molar-refractivity contribution in [3.8, 4) is 0 Å². The van der Waals surface area contributed by atoms with Crippen molar-refractivity contribution in [1.82, 2.24) is 5.32 Å². The summed E-state index contributed by atoms with van der Waals surface area (Å²) in [6, 6.07) is 0. The summed E-state index contributed by atoms with van der Waals surface area (Å²) in [5.74, 6) is 0.980. The zero-order chi connectivity index (χ0) is 8.10. The monoisotopic (exact) mass is 151 g/mol. The van der Waals surface area contributed by atoms with Crippen LogP contribution in [0.25, 0.3) is 0 Å². The number of hydrogen-bond acceptors (Lipinski definition) is 3. The van der Waals surface area contributed by atoms with Gasteiger partial charge in [-0.1, -0.05) is 12.7 Å². The van der Waals surface area contributed by atoms with Crippen LogP contribution in [0.2, 0.25) is 0 Å². The second-order valence-corrected chi connectivity index (χ2v) is 2.58. The van der Waals surface area contributed by atoms with Crippen LogP contribution in [-0.2, 0) is 0 Å². The number of allylic oxidation sites excluding steroid dienone is 1. The molecular formula is C8H13N3. The van der Waals surface area contributed by atoms with Gasteiger partial charge in [0.25, 0.3) is 0 Å². The lowest BCUT2D eigenvalue weighted by atomic mass is 10.1. The number of hydrogen-bond donors (Lipinski definition) is 2. The molecule has 1 atom stereocenters. The SMILES string of the molecule is C=C(N)NCC1C=NC=CC1. The number of rotatable bonds is 3. The maximum absolute atomic E-state index is 5.34. The number of nitrogens with one attached hydrogen (secondary N) is 1. The first-order valence-corrected chi connectivity index (χ1v) is 3.65. The normalized spacial score (nSPS) is 21.6. The maximum Gasteiger partial charge on any atom is 0.0886 e. The molecule has 1 unspecified atom stereocenters. The van der Waals surface area contributed by atoms with Crippen LogP contribution in [0.4, 0.5) is 0 Å². The average Bonchev–Trinajstić information content (AvgIpc) is 2.03. The molecule has 1 aliphatic rings. The van der Waals surface area contributed by atoms with Crippen LogP contribution in [0.5, 0.6) is 0 Å². The van der Waals surface area contributed by atoms with Gasteiger partial charge in [0.05, 0.1) is 5.82 Å². The van der Waals surface area contributed by atoms with Crippen LogP contribution < -0.4 is 11.1 Å². The minimum absolute atomic E-state index is 0.459. The number of aliphatic imine (C=N–C) groups is 1. The lowest BCUT2D eigenvalue weighted by Crippen LogP contribution is -2.26. The zero-order valence-electron chi connectivity index (χ0n) is 6.46. The van der Waals surface area contributed by atoms with Gasteiger partial charge in [0, 0.05) is 24.9 Å². The van der Waals surface area contributed by atoms with E-state index in [4.69, 9.17) is 5.73 Å². The summed E-state index contributed by atoms with van der Waals surface area (Å²) < 4.78 is 0. The van der Waals surface area contributed by atoms with Crippen LogP contribution in [-0.4, -0.2) is 12.8 Å². The summed E-state index contributed by atoms with van der Waals surface area (Å²) in [4.78, 5) is 4.02. The molecule has 60 valence electrons. The third kappa shape index (κ3) is 2.89. The van der Waals surface area contributed by atoms with Gasteiger partial charge in [-0.2, -0.15) is 0 Å². The molecule has 0 radical (unpaired) electrons. The third-order valence-corrected chi connectivity index (χ3v) is 1.52. The topological polar surface area (TPSA) is 50.4 Å². The Labute approximate surface area is 66.7 Å². The van der Waals surface area contributed by atoms with Crippen LogP contribution >= 0.6 is 0 Å². The first-order valence-electron chi connectivity index (χ1n) is 3.65. The predicted molar refractivity (Wildman–Crippen MR) is 47.1 cm³/mol. The van der Waals surface area contributed by atoms with E-state index in [0.29, 0.717) is 11.7 Å². The van der Waals surface area contributed by atoms with Crippen molar-refractivity contribution >= 4 is 6.21 Å². The van der Waals surface area contributed by atoms with Crippen molar-refractivity contribution < 1.29 is 0 Å². The van der Waals surface area contributed by atoms with E-state index in [0.717, 1.165) is 13.0 Å². The Hall–Kier alpha value is -1.25. The highest BCUT2D eigenvalue weighted by Gasteiger charge is 2.04. The molecule has 0 aliphatic carbocycles. The van der Waals surface area contributed by atoms with Crippen LogP contribution in [0.15, 0.2) is 29.7 Å². The Morgan fingerprint density at radius 2 is 2.64 bits per heavy atom. The summed E-state index contributed by atoms with van der Waals surface area (Å²) in [6.45, 7) is 4.37. The first kappa shape index (κ1) is 7.85. The Bertz CT molecular complexity index is 194. The van der Waals surface area contributed by atoms with Gasteiger partial charge in [0.15, 0.2) is 0 Å². The first-order chi connectivity index (χ1) is 5.29. The van der Waals surface area contributed by atoms with Crippen molar-refractivity contribution in [1.29, 1.82) is 0 Å². The Balaban J connectivity index is 2.22. The molecule has 11 heavy (non-hydrogen) atoms. The summed E-state index contributed by atoms with van der Waals surface area (Å²) >= 11 is 0. The highest BCUT2D eigenvalue weighted by atomic mass is 15.0. The smallest absolute Gasteiger partial charge is 0.0886 e. The van der Waals surface area contributed by atoms with E-state index >= 15 is 0 Å². The van der Waals surface area contributed by atoms with Gasteiger partial charge < -0.3 is 11.1 Å². The maximum atomic E-state index is 5.34. The van der Waals surface area contributed by atoms with Gasteiger partial charge in [0.2, 0.25) is 0 Å². The van der Waals surface area contributed by atoms with Gasteiger partial charge in [0.1, 0.15) is 0 Å². The lowest BCUT2D eigenvalue weighted by Gasteiger charge is -2.12. The van der Waals surface area contributed by atoms with E-state index in [1.165, 1.54) is 0 Å². The summed E-state index contributed by atoms with van der Waals surface area (Å²) in [6.07, 6.45) is 6.82. The standard InChI is InChI=1S/C8H13N3/c1-7(9)11-6-8-3-2-4-10-5-8/h2,4-5,8,11H,1,3,6,9H2. The van der Waals surface area contributed by atoms with Crippen molar-refractivity contribution in [3.05, 3.63) is 24.7 Å². The van der Waals surface area contributed by atoms with Crippen molar-refractivity contribution in [2.45, 2.75) is 6.42 Å². The number of nitrogens with zero attached hydrogens (tertiary/aromatic N) is 1. The molecule has 0 aromatic rings. The molecule has 0 saturated carbocycles. The van der Waals surface area contributed by atoms with Crippen molar-refractivity contribution in [2.24, 2.45) is 16.6 Å². The molecule has 0 aromatic heterocycles. The second kappa shape index (κ2) is 3.81. The molecule has 1 rings (SSSR count). The van der Waals surface area contributed by atoms with Gasteiger partial charge >= 0.3 is 0 Å². The molecule has 3 nitrogen and oxygen atoms in total. The number of nitrogens with two attached hydrogens (primary N) is 1. The minimum Gasteiger partial charge on any atom is -0.386 e. The quantitative estimate of drug-likeness (QED) is 0.621. The van der Waals surface area contributed by atoms with Crippen LogP contribution in [0.1, 0.15) is 6.42 Å². The van der Waals surface area contributed by atoms with E-state index < -0.39 is 0 Å². The highest BCUT2D eigenvalue weighted by molar-refractivity contribution is 5.63. The van der Waals surface area contributed by atoms with E-state index in [-0.39, 0.29) is 0 Å². The van der Waals surface area contributed by atoms with Gasteiger partial charge in [-0.25, -0.2) is 0 Å². The largest absolute Gasteiger partial charge is 0.386 e. The summed E-state index contributed by atoms with van der Waals surface area (Å²) in [5.41, 5.74) is 5.34. The van der Waals surface area contributed by atoms with E-state index in [1.54, 1.807) is 0 Å². The second-order valence-electron chi connectivity index (χ2n) is 2.58. The fourth-order valence-corrected chi connectivity index (χ4v) is 0.927. The molecule has 0 bridgehead atoms. The third-order valence-electron chi connectivity index (χ3n) is 1.52. The molecule has 1 aliphatic heterocycles. The summed E-state index contributed by atoms with van der Waals surface area (Å²) in [7, 11) is 0. The molecule has 3 heteroatoms. The van der Waals surface area contributed by atoms with E-state index in [2.05, 4.69) is 16.9 Å². The van der Waals surface area contributed by atoms with E-state index in [1.807, 2.05) is 18.5 Å². The zero-order valence-corrected chi connectivity index (χ0v) is 6.46. The van der Waals surface area contributed by atoms with E-state index in [9.17, 15) is 0 Å². The molecule has 0 saturated heterocycles. The predicted octanol–water partition coefficient (Wildman–Crippen LogP) is 0.610. The van der Waals surface area contributed by atoms with Gasteiger partial charge in [-0.3, -0.25) is 4.99 Å². The minimum atomic E-state index is 0.459. The molecule has 0 aromatic carbocycles. The lowest BCUT2D eigenvalue weighted by molar-refractivity contribution is 0.640. The molecular weight excluding hydrogens is 138 g/mol. The molecule has 0 amide bonds. The molecule has 1 heterocycles. The Morgan fingerprint density at radius 1 is 1.82 bits per heavy atom. The highest BCUT2D eigenvalue weighted by Crippen LogP contribution is 2.04. The van der Waals surface area contributed by atoms with Gasteiger partial charge in [-0.05, 0) is 6.42 Å². The van der Waals surface area contributed by atoms with Crippen molar-refractivity contribution in [3.63, 3.8) is 0 Å².